The van der Waals surface area contributed by atoms with Crippen LogP contribution >= 0.6 is 11.3 Å². The molecule has 0 unspecified atom stereocenters. The summed E-state index contributed by atoms with van der Waals surface area (Å²) in [6.07, 6.45) is 2.80. The van der Waals surface area contributed by atoms with Gasteiger partial charge in [0.2, 0.25) is 0 Å². The lowest BCUT2D eigenvalue weighted by atomic mass is 10.1. The summed E-state index contributed by atoms with van der Waals surface area (Å²) in [5, 5.41) is 4.21. The predicted molar refractivity (Wildman–Crippen MR) is 74.8 cm³/mol. The molecule has 0 bridgehead atoms. The van der Waals surface area contributed by atoms with Crippen LogP contribution in [0.3, 0.4) is 0 Å². The van der Waals surface area contributed by atoms with Crippen LogP contribution in [-0.4, -0.2) is 11.5 Å². The van der Waals surface area contributed by atoms with Crippen molar-refractivity contribution >= 4 is 16.5 Å². The lowest BCUT2D eigenvalue weighted by Crippen LogP contribution is -1.96. The van der Waals surface area contributed by atoms with Gasteiger partial charge in [-0.15, -0.1) is 17.9 Å². The Labute approximate surface area is 106 Å². The highest BCUT2D eigenvalue weighted by molar-refractivity contribution is 7.15. The molecule has 0 fully saturated rings. The minimum absolute atomic E-state index is 0.762. The van der Waals surface area contributed by atoms with Crippen molar-refractivity contribution in [3.8, 4) is 0 Å². The summed E-state index contributed by atoms with van der Waals surface area (Å²) < 4.78 is 0. The van der Waals surface area contributed by atoms with Crippen LogP contribution in [0, 0.1) is 6.92 Å². The van der Waals surface area contributed by atoms with E-state index in [1.165, 1.54) is 10.4 Å². The normalized spacial score (nSPS) is 10.2. The van der Waals surface area contributed by atoms with Gasteiger partial charge in [-0.25, -0.2) is 4.98 Å². The fourth-order valence-electron chi connectivity index (χ4n) is 1.61. The van der Waals surface area contributed by atoms with Crippen molar-refractivity contribution < 1.29 is 0 Å². The molecular weight excluding hydrogens is 228 g/mol. The van der Waals surface area contributed by atoms with Gasteiger partial charge in [0.15, 0.2) is 5.13 Å². The predicted octanol–water partition coefficient (Wildman–Crippen LogP) is 3.64. The second-order valence-electron chi connectivity index (χ2n) is 3.86. The van der Waals surface area contributed by atoms with Crippen molar-refractivity contribution in [2.75, 3.05) is 11.9 Å². The van der Waals surface area contributed by atoms with E-state index in [0.29, 0.717) is 0 Å². The van der Waals surface area contributed by atoms with Crippen molar-refractivity contribution in [3.05, 3.63) is 59.1 Å². The number of thiazole rings is 1. The van der Waals surface area contributed by atoms with Crippen LogP contribution in [-0.2, 0) is 6.42 Å². The van der Waals surface area contributed by atoms with Crippen LogP contribution in [0.1, 0.15) is 16.1 Å². The Bertz CT molecular complexity index is 488. The van der Waals surface area contributed by atoms with Gasteiger partial charge in [0.25, 0.3) is 0 Å². The summed E-state index contributed by atoms with van der Waals surface area (Å²) in [7, 11) is 0. The van der Waals surface area contributed by atoms with Gasteiger partial charge in [-0.05, 0) is 12.5 Å². The molecule has 0 atom stereocenters. The molecule has 17 heavy (non-hydrogen) atoms. The first-order valence-electron chi connectivity index (χ1n) is 5.64. The molecule has 2 nitrogen and oxygen atoms in total. The molecule has 1 aromatic heterocycles. The number of hydrogen-bond donors (Lipinski definition) is 1. The molecule has 1 N–H and O–H groups in total. The molecule has 0 spiro atoms. The molecule has 0 saturated heterocycles. The molecule has 0 aliphatic carbocycles. The molecule has 0 radical (unpaired) electrons. The Balaban J connectivity index is 2.11. The van der Waals surface area contributed by atoms with Crippen LogP contribution in [0.5, 0.6) is 0 Å². The van der Waals surface area contributed by atoms with E-state index in [4.69, 9.17) is 0 Å². The number of nitrogens with one attached hydrogen (secondary N) is 1. The van der Waals surface area contributed by atoms with Gasteiger partial charge in [0.1, 0.15) is 0 Å². The minimum Gasteiger partial charge on any atom is -0.358 e. The first-order chi connectivity index (χ1) is 8.29. The average molecular weight is 244 g/mol. The highest BCUT2D eigenvalue weighted by Crippen LogP contribution is 2.24. The standard InChI is InChI=1S/C14H16N2S/c1-3-9-15-14-16-11(2)13(17-14)10-12-7-5-4-6-8-12/h3-8H,1,9-10H2,2H3,(H,15,16). The van der Waals surface area contributed by atoms with E-state index in [-0.39, 0.29) is 0 Å². The zero-order valence-electron chi connectivity index (χ0n) is 9.94. The van der Waals surface area contributed by atoms with Gasteiger partial charge in [-0.1, -0.05) is 36.4 Å². The van der Waals surface area contributed by atoms with E-state index in [2.05, 4.69) is 48.1 Å². The van der Waals surface area contributed by atoms with E-state index in [9.17, 15) is 0 Å². The Morgan fingerprint density at radius 1 is 1.35 bits per heavy atom. The van der Waals surface area contributed by atoms with Gasteiger partial charge >= 0.3 is 0 Å². The van der Waals surface area contributed by atoms with Crippen LogP contribution in [0.2, 0.25) is 0 Å². The molecule has 88 valence electrons. The molecular formula is C14H16N2S. The van der Waals surface area contributed by atoms with Gasteiger partial charge in [0.05, 0.1) is 5.69 Å². The van der Waals surface area contributed by atoms with E-state index >= 15 is 0 Å². The third kappa shape index (κ3) is 3.17. The maximum Gasteiger partial charge on any atom is 0.183 e. The number of anilines is 1. The maximum absolute atomic E-state index is 4.50. The monoisotopic (exact) mass is 244 g/mol. The minimum atomic E-state index is 0.762. The zero-order valence-corrected chi connectivity index (χ0v) is 10.8. The fraction of sp³-hybridized carbons (Fsp3) is 0.214. The van der Waals surface area contributed by atoms with Crippen LogP contribution in [0.15, 0.2) is 43.0 Å². The Hall–Kier alpha value is -1.61. The lowest BCUT2D eigenvalue weighted by molar-refractivity contribution is 1.14. The van der Waals surface area contributed by atoms with Crippen LogP contribution in [0.4, 0.5) is 5.13 Å². The van der Waals surface area contributed by atoms with Gasteiger partial charge in [-0.2, -0.15) is 0 Å². The molecule has 1 aromatic carbocycles. The van der Waals surface area contributed by atoms with E-state index in [1.807, 2.05) is 12.1 Å². The summed E-state index contributed by atoms with van der Waals surface area (Å²) in [5.74, 6) is 0. The third-order valence-corrected chi connectivity index (χ3v) is 3.61. The number of hydrogen-bond acceptors (Lipinski definition) is 3. The highest BCUT2D eigenvalue weighted by Gasteiger charge is 2.07. The van der Waals surface area contributed by atoms with Gasteiger partial charge in [-0.3, -0.25) is 0 Å². The SMILES string of the molecule is C=CCNc1nc(C)c(Cc2ccccc2)s1. The maximum atomic E-state index is 4.50. The summed E-state index contributed by atoms with van der Waals surface area (Å²) in [6, 6.07) is 10.5. The zero-order chi connectivity index (χ0) is 12.1. The molecule has 0 aliphatic rings. The first kappa shape index (κ1) is 11.9. The second kappa shape index (κ2) is 5.64. The molecule has 0 amide bonds. The lowest BCUT2D eigenvalue weighted by Gasteiger charge is -1.98. The summed E-state index contributed by atoms with van der Waals surface area (Å²) >= 11 is 1.72. The van der Waals surface area contributed by atoms with Crippen LogP contribution < -0.4 is 5.32 Å². The molecule has 0 saturated carbocycles. The largest absolute Gasteiger partial charge is 0.358 e. The summed E-state index contributed by atoms with van der Waals surface area (Å²) in [4.78, 5) is 5.83. The van der Waals surface area contributed by atoms with Crippen molar-refractivity contribution in [1.29, 1.82) is 0 Å². The number of aromatic nitrogens is 1. The van der Waals surface area contributed by atoms with Crippen molar-refractivity contribution in [2.24, 2.45) is 0 Å². The number of aryl methyl sites for hydroxylation is 1. The van der Waals surface area contributed by atoms with Crippen LogP contribution in [0.25, 0.3) is 0 Å². The molecule has 3 heteroatoms. The summed E-state index contributed by atoms with van der Waals surface area (Å²) in [6.45, 7) is 6.51. The smallest absolute Gasteiger partial charge is 0.183 e. The summed E-state index contributed by atoms with van der Waals surface area (Å²) in [5.41, 5.74) is 2.44. The number of nitrogens with zero attached hydrogens (tertiary/aromatic N) is 1. The van der Waals surface area contributed by atoms with Crippen molar-refractivity contribution in [2.45, 2.75) is 13.3 Å². The number of rotatable bonds is 5. The molecule has 0 aliphatic heterocycles. The second-order valence-corrected chi connectivity index (χ2v) is 4.94. The topological polar surface area (TPSA) is 24.9 Å². The van der Waals surface area contributed by atoms with Gasteiger partial charge < -0.3 is 5.32 Å². The quantitative estimate of drug-likeness (QED) is 0.812. The van der Waals surface area contributed by atoms with E-state index in [0.717, 1.165) is 23.8 Å². The Morgan fingerprint density at radius 2 is 2.12 bits per heavy atom. The number of benzene rings is 1. The van der Waals surface area contributed by atoms with E-state index in [1.54, 1.807) is 11.3 Å². The van der Waals surface area contributed by atoms with E-state index < -0.39 is 0 Å². The molecule has 1 heterocycles. The van der Waals surface area contributed by atoms with Crippen molar-refractivity contribution in [1.82, 2.24) is 4.98 Å². The van der Waals surface area contributed by atoms with Crippen molar-refractivity contribution in [3.63, 3.8) is 0 Å². The average Bonchev–Trinajstić information content (AvgIpc) is 2.69. The first-order valence-corrected chi connectivity index (χ1v) is 6.46. The third-order valence-electron chi connectivity index (χ3n) is 2.50. The Kier molecular flexibility index (Phi) is 3.94. The highest BCUT2D eigenvalue weighted by atomic mass is 32.1. The Morgan fingerprint density at radius 3 is 2.82 bits per heavy atom. The molecule has 2 aromatic rings. The van der Waals surface area contributed by atoms with Gasteiger partial charge in [0, 0.05) is 17.8 Å². The molecule has 2 rings (SSSR count). The fourth-order valence-corrected chi connectivity index (χ4v) is 2.61.